The first-order valence-electron chi connectivity index (χ1n) is 31.3. The van der Waals surface area contributed by atoms with E-state index in [2.05, 4.69) is 45.1 Å². The van der Waals surface area contributed by atoms with Crippen molar-refractivity contribution in [3.63, 3.8) is 0 Å². The highest BCUT2D eigenvalue weighted by atomic mass is 16.6. The van der Waals surface area contributed by atoms with Crippen molar-refractivity contribution < 1.29 is 28.6 Å². The van der Waals surface area contributed by atoms with Gasteiger partial charge < -0.3 is 14.2 Å². The summed E-state index contributed by atoms with van der Waals surface area (Å²) >= 11 is 0. The molecule has 0 bridgehead atoms. The van der Waals surface area contributed by atoms with Crippen LogP contribution in [0.15, 0.2) is 24.3 Å². The molecular weight excluding hydrogens is 865 g/mol. The molecule has 0 saturated heterocycles. The zero-order valence-corrected chi connectivity index (χ0v) is 47.3. The van der Waals surface area contributed by atoms with E-state index in [4.69, 9.17) is 14.2 Å². The van der Waals surface area contributed by atoms with E-state index >= 15 is 0 Å². The summed E-state index contributed by atoms with van der Waals surface area (Å²) in [4.78, 5) is 38.2. The Bertz CT molecular complexity index is 1130. The lowest BCUT2D eigenvalue weighted by molar-refractivity contribution is -0.167. The number of carbonyl (C=O) groups is 3. The van der Waals surface area contributed by atoms with Gasteiger partial charge in [-0.25, -0.2) is 0 Å². The Morgan fingerprint density at radius 2 is 0.486 bits per heavy atom. The highest BCUT2D eigenvalue weighted by Crippen LogP contribution is 2.18. The SMILES string of the molecule is CCCC/C=C\CCCCCCCC(=O)OCC(COC(=O)CCCCCCCCCCCCCCCCCCCCCCCCC)OC(=O)CCCCCCCCC/C=C\CCCCCCCCC. The van der Waals surface area contributed by atoms with Gasteiger partial charge in [0.25, 0.3) is 0 Å². The molecule has 6 nitrogen and oxygen atoms in total. The van der Waals surface area contributed by atoms with E-state index in [9.17, 15) is 14.4 Å². The van der Waals surface area contributed by atoms with E-state index in [0.29, 0.717) is 19.3 Å². The quantitative estimate of drug-likeness (QED) is 0.0261. The second kappa shape index (κ2) is 59.5. The summed E-state index contributed by atoms with van der Waals surface area (Å²) < 4.78 is 16.9. The van der Waals surface area contributed by atoms with Gasteiger partial charge in [0.05, 0.1) is 0 Å². The van der Waals surface area contributed by atoms with Crippen molar-refractivity contribution in [3.8, 4) is 0 Å². The Labute approximate surface area is 436 Å². The number of rotatable bonds is 58. The number of hydrogen-bond acceptors (Lipinski definition) is 6. The zero-order valence-electron chi connectivity index (χ0n) is 47.3. The van der Waals surface area contributed by atoms with Gasteiger partial charge in [0.1, 0.15) is 13.2 Å². The maximum Gasteiger partial charge on any atom is 0.306 e. The molecule has 1 unspecified atom stereocenters. The van der Waals surface area contributed by atoms with Gasteiger partial charge in [-0.1, -0.05) is 289 Å². The Balaban J connectivity index is 4.22. The number of allylic oxidation sites excluding steroid dienone is 4. The molecule has 0 radical (unpaired) electrons. The summed E-state index contributed by atoms with van der Waals surface area (Å²) in [6.45, 7) is 6.65. The molecule has 0 rings (SSSR count). The van der Waals surface area contributed by atoms with Crippen molar-refractivity contribution in [1.29, 1.82) is 0 Å². The van der Waals surface area contributed by atoms with Crippen LogP contribution in [0.2, 0.25) is 0 Å². The molecule has 0 aliphatic rings. The molecule has 70 heavy (non-hydrogen) atoms. The molecule has 1 atom stereocenters. The Hall–Kier alpha value is -2.11. The lowest BCUT2D eigenvalue weighted by atomic mass is 10.0. The van der Waals surface area contributed by atoms with E-state index in [1.807, 2.05) is 0 Å². The van der Waals surface area contributed by atoms with Crippen molar-refractivity contribution in [2.75, 3.05) is 13.2 Å². The van der Waals surface area contributed by atoms with Gasteiger partial charge in [-0.2, -0.15) is 0 Å². The number of esters is 3. The zero-order chi connectivity index (χ0) is 50.7. The normalized spacial score (nSPS) is 12.1. The van der Waals surface area contributed by atoms with Crippen molar-refractivity contribution in [3.05, 3.63) is 24.3 Å². The van der Waals surface area contributed by atoms with Gasteiger partial charge >= 0.3 is 17.9 Å². The highest BCUT2D eigenvalue weighted by molar-refractivity contribution is 5.71. The minimum absolute atomic E-state index is 0.0710. The average Bonchev–Trinajstić information content (AvgIpc) is 3.36. The van der Waals surface area contributed by atoms with Crippen LogP contribution in [0.3, 0.4) is 0 Å². The number of unbranched alkanes of at least 4 members (excludes halogenated alkanes) is 43. The molecule has 0 saturated carbocycles. The minimum Gasteiger partial charge on any atom is -0.462 e. The molecule has 0 aromatic heterocycles. The lowest BCUT2D eigenvalue weighted by Gasteiger charge is -2.18. The molecular formula is C64H120O6. The summed E-state index contributed by atoms with van der Waals surface area (Å²) in [6.07, 6.45) is 70.5. The molecule has 0 aromatic rings. The maximum atomic E-state index is 12.9. The van der Waals surface area contributed by atoms with Gasteiger partial charge in [0.2, 0.25) is 0 Å². The second-order valence-electron chi connectivity index (χ2n) is 21.3. The van der Waals surface area contributed by atoms with Crippen molar-refractivity contribution in [2.24, 2.45) is 0 Å². The van der Waals surface area contributed by atoms with E-state index < -0.39 is 6.10 Å². The minimum atomic E-state index is -0.773. The molecule has 0 amide bonds. The summed E-state index contributed by atoms with van der Waals surface area (Å²) in [7, 11) is 0. The first-order chi connectivity index (χ1) is 34.5. The second-order valence-corrected chi connectivity index (χ2v) is 21.3. The summed E-state index contributed by atoms with van der Waals surface area (Å²) in [6, 6.07) is 0. The van der Waals surface area contributed by atoms with Crippen molar-refractivity contribution in [2.45, 2.75) is 354 Å². The van der Waals surface area contributed by atoms with Gasteiger partial charge in [0.15, 0.2) is 6.10 Å². The Kier molecular flexibility index (Phi) is 57.7. The van der Waals surface area contributed by atoms with Crippen molar-refractivity contribution >= 4 is 17.9 Å². The van der Waals surface area contributed by atoms with Gasteiger partial charge in [0, 0.05) is 19.3 Å². The van der Waals surface area contributed by atoms with Crippen LogP contribution in [0.5, 0.6) is 0 Å². The molecule has 6 heteroatoms. The number of carbonyl (C=O) groups excluding carboxylic acids is 3. The highest BCUT2D eigenvalue weighted by Gasteiger charge is 2.19. The first kappa shape index (κ1) is 67.9. The Morgan fingerprint density at radius 1 is 0.271 bits per heavy atom. The lowest BCUT2D eigenvalue weighted by Crippen LogP contribution is -2.30. The largest absolute Gasteiger partial charge is 0.462 e. The Morgan fingerprint density at radius 3 is 0.757 bits per heavy atom. The topological polar surface area (TPSA) is 78.9 Å². The molecule has 0 heterocycles. The van der Waals surface area contributed by atoms with Crippen LogP contribution in [0.4, 0.5) is 0 Å². The third kappa shape index (κ3) is 56.8. The molecule has 0 spiro atoms. The van der Waals surface area contributed by atoms with Crippen LogP contribution in [0, 0.1) is 0 Å². The summed E-state index contributed by atoms with van der Waals surface area (Å²) in [5.41, 5.74) is 0. The van der Waals surface area contributed by atoms with Gasteiger partial charge in [-0.15, -0.1) is 0 Å². The van der Waals surface area contributed by atoms with Crippen LogP contribution in [-0.2, 0) is 28.6 Å². The third-order valence-electron chi connectivity index (χ3n) is 14.2. The van der Waals surface area contributed by atoms with Crippen LogP contribution < -0.4 is 0 Å². The van der Waals surface area contributed by atoms with Crippen LogP contribution in [-0.4, -0.2) is 37.2 Å². The fraction of sp³-hybridized carbons (Fsp3) is 0.891. The molecule has 0 aliphatic carbocycles. The van der Waals surface area contributed by atoms with Crippen LogP contribution in [0.25, 0.3) is 0 Å². The summed E-state index contributed by atoms with van der Waals surface area (Å²) in [5.74, 6) is -0.863. The number of hydrogen-bond donors (Lipinski definition) is 0. The first-order valence-corrected chi connectivity index (χ1v) is 31.3. The smallest absolute Gasteiger partial charge is 0.306 e. The van der Waals surface area contributed by atoms with E-state index in [-0.39, 0.29) is 31.1 Å². The van der Waals surface area contributed by atoms with E-state index in [1.165, 1.54) is 244 Å². The molecule has 412 valence electrons. The average molecular weight is 986 g/mol. The maximum absolute atomic E-state index is 12.9. The van der Waals surface area contributed by atoms with Crippen LogP contribution >= 0.6 is 0 Å². The predicted molar refractivity (Wildman–Crippen MR) is 303 cm³/mol. The van der Waals surface area contributed by atoms with E-state index in [1.54, 1.807) is 0 Å². The van der Waals surface area contributed by atoms with Crippen molar-refractivity contribution in [1.82, 2.24) is 0 Å². The fourth-order valence-corrected chi connectivity index (χ4v) is 9.42. The molecule has 0 aliphatic heterocycles. The predicted octanol–water partition coefficient (Wildman–Crippen LogP) is 21.1. The third-order valence-corrected chi connectivity index (χ3v) is 14.2. The molecule has 0 fully saturated rings. The molecule has 0 N–H and O–H groups in total. The standard InChI is InChI=1S/C64H120O6/c1-4-7-10-13-16-19-22-24-26-28-30-31-32-33-34-36-37-39-42-45-48-51-54-57-63(66)69-60-61(59-68-62(65)56-53-50-47-44-41-21-18-15-12-9-6-3)70-64(67)58-55-52-49-46-43-40-38-35-29-27-25-23-20-17-14-11-8-5-2/h15,18,27,29,61H,4-14,16-17,19-26,28,30-60H2,1-3H3/b18-15-,29-27-. The fourth-order valence-electron chi connectivity index (χ4n) is 9.42. The molecule has 0 aromatic carbocycles. The van der Waals surface area contributed by atoms with Crippen LogP contribution in [0.1, 0.15) is 348 Å². The van der Waals surface area contributed by atoms with Gasteiger partial charge in [-0.05, 0) is 64.2 Å². The monoisotopic (exact) mass is 985 g/mol. The number of ether oxygens (including phenoxy) is 3. The van der Waals surface area contributed by atoms with E-state index in [0.717, 1.165) is 64.2 Å². The van der Waals surface area contributed by atoms with Gasteiger partial charge in [-0.3, -0.25) is 14.4 Å². The summed E-state index contributed by atoms with van der Waals surface area (Å²) in [5, 5.41) is 0.